The highest BCUT2D eigenvalue weighted by Crippen LogP contribution is 2.52. The van der Waals surface area contributed by atoms with E-state index in [1.165, 1.54) is 5.56 Å². The molecule has 1 saturated carbocycles. The van der Waals surface area contributed by atoms with E-state index in [0.717, 1.165) is 41.9 Å². The maximum absolute atomic E-state index is 13.5. The zero-order chi connectivity index (χ0) is 22.7. The second-order valence-corrected chi connectivity index (χ2v) is 9.50. The molecule has 3 heterocycles. The van der Waals surface area contributed by atoms with E-state index in [4.69, 9.17) is 9.47 Å². The van der Waals surface area contributed by atoms with Gasteiger partial charge in [0.25, 0.3) is 0 Å². The van der Waals surface area contributed by atoms with E-state index in [1.807, 2.05) is 13.0 Å². The minimum Gasteiger partial charge on any atom is -0.486 e. The first-order chi connectivity index (χ1) is 15.2. The van der Waals surface area contributed by atoms with Gasteiger partial charge in [0.15, 0.2) is 11.5 Å². The molecular weight excluding hydrogens is 425 g/mol. The number of hydrogen-bond acceptors (Lipinski definition) is 4. The minimum atomic E-state index is -4.47. The molecule has 9 heteroatoms. The van der Waals surface area contributed by atoms with Crippen LogP contribution in [0.4, 0.5) is 13.2 Å². The number of alkyl halides is 3. The smallest absolute Gasteiger partial charge is 0.406 e. The highest BCUT2D eigenvalue weighted by molar-refractivity contribution is 5.89. The second kappa shape index (κ2) is 7.56. The van der Waals surface area contributed by atoms with Gasteiger partial charge in [0.1, 0.15) is 19.8 Å². The first-order valence-electron chi connectivity index (χ1n) is 11.3. The van der Waals surface area contributed by atoms with E-state index < -0.39 is 24.5 Å². The Kier molecular flexibility index (Phi) is 5.05. The van der Waals surface area contributed by atoms with Gasteiger partial charge in [-0.05, 0) is 43.0 Å². The van der Waals surface area contributed by atoms with Crippen molar-refractivity contribution < 1.29 is 32.2 Å². The van der Waals surface area contributed by atoms with Crippen molar-refractivity contribution in [3.8, 4) is 11.5 Å². The summed E-state index contributed by atoms with van der Waals surface area (Å²) in [5, 5.41) is 0. The van der Waals surface area contributed by atoms with Gasteiger partial charge in [-0.2, -0.15) is 13.2 Å². The zero-order valence-electron chi connectivity index (χ0n) is 18.0. The molecule has 6 nitrogen and oxygen atoms in total. The van der Waals surface area contributed by atoms with Gasteiger partial charge in [-0.25, -0.2) is 0 Å². The Balaban J connectivity index is 1.45. The summed E-state index contributed by atoms with van der Waals surface area (Å²) < 4.78 is 50.0. The summed E-state index contributed by atoms with van der Waals surface area (Å²) in [6.45, 7) is 1.95. The molecule has 2 unspecified atom stereocenters. The van der Waals surface area contributed by atoms with Crippen LogP contribution in [0.25, 0.3) is 0 Å². The Morgan fingerprint density at radius 1 is 1.16 bits per heavy atom. The Hall–Kier alpha value is -2.45. The number of rotatable bonds is 2. The number of carbonyl (C=O) groups excluding carboxylic acids is 2. The molecule has 1 aliphatic carbocycles. The fraction of sp³-hybridized carbons (Fsp3) is 0.652. The molecule has 5 rings (SSSR count). The van der Waals surface area contributed by atoms with Gasteiger partial charge >= 0.3 is 6.18 Å². The largest absolute Gasteiger partial charge is 0.486 e. The fourth-order valence-corrected chi connectivity index (χ4v) is 5.91. The Morgan fingerprint density at radius 3 is 2.47 bits per heavy atom. The van der Waals surface area contributed by atoms with E-state index >= 15 is 0 Å². The molecule has 0 radical (unpaired) electrons. The summed E-state index contributed by atoms with van der Waals surface area (Å²) in [7, 11) is 0. The quantitative estimate of drug-likeness (QED) is 0.688. The molecule has 1 aromatic carbocycles. The van der Waals surface area contributed by atoms with Crippen molar-refractivity contribution in [3.05, 3.63) is 23.3 Å². The summed E-state index contributed by atoms with van der Waals surface area (Å²) in [6.07, 6.45) is -0.629. The summed E-state index contributed by atoms with van der Waals surface area (Å²) in [5.74, 6) is -0.193. The number of benzene rings is 1. The number of carbonyl (C=O) groups is 2. The maximum atomic E-state index is 13.5. The van der Waals surface area contributed by atoms with E-state index in [9.17, 15) is 22.8 Å². The van der Waals surface area contributed by atoms with Crippen LogP contribution in [0.5, 0.6) is 11.5 Å². The van der Waals surface area contributed by atoms with Crippen molar-refractivity contribution in [2.45, 2.75) is 56.7 Å². The van der Waals surface area contributed by atoms with Crippen LogP contribution in [-0.4, -0.2) is 60.6 Å². The molecule has 0 bridgehead atoms. The van der Waals surface area contributed by atoms with Gasteiger partial charge in [-0.15, -0.1) is 0 Å². The van der Waals surface area contributed by atoms with Crippen LogP contribution in [-0.2, 0) is 15.0 Å². The van der Waals surface area contributed by atoms with Crippen LogP contribution in [0, 0.1) is 5.92 Å². The van der Waals surface area contributed by atoms with Crippen molar-refractivity contribution in [2.24, 2.45) is 5.92 Å². The van der Waals surface area contributed by atoms with Gasteiger partial charge in [-0.1, -0.05) is 12.8 Å². The van der Waals surface area contributed by atoms with Crippen LogP contribution >= 0.6 is 0 Å². The molecule has 32 heavy (non-hydrogen) atoms. The second-order valence-electron chi connectivity index (χ2n) is 9.50. The fourth-order valence-electron chi connectivity index (χ4n) is 5.91. The highest BCUT2D eigenvalue weighted by atomic mass is 19.4. The number of ether oxygens (including phenoxy) is 2. The molecule has 0 N–H and O–H groups in total. The molecule has 4 aliphatic rings. The topological polar surface area (TPSA) is 59.1 Å². The van der Waals surface area contributed by atoms with Crippen molar-refractivity contribution >= 4 is 11.8 Å². The lowest BCUT2D eigenvalue weighted by Crippen LogP contribution is -2.50. The average molecular weight is 452 g/mol. The Labute approximate surface area is 184 Å². The zero-order valence-corrected chi connectivity index (χ0v) is 18.0. The minimum absolute atomic E-state index is 0.168. The van der Waals surface area contributed by atoms with E-state index in [1.54, 1.807) is 4.90 Å². The molecule has 2 atom stereocenters. The molecule has 0 aromatic heterocycles. The van der Waals surface area contributed by atoms with E-state index in [0.29, 0.717) is 25.5 Å². The third-order valence-electron chi connectivity index (χ3n) is 7.45. The highest BCUT2D eigenvalue weighted by Gasteiger charge is 2.49. The van der Waals surface area contributed by atoms with Gasteiger partial charge in [0, 0.05) is 24.9 Å². The monoisotopic (exact) mass is 452 g/mol. The van der Waals surface area contributed by atoms with E-state index in [2.05, 4.69) is 6.07 Å². The number of hydrogen-bond donors (Lipinski definition) is 0. The molecular formula is C23H27F3N2O4. The Bertz CT molecular complexity index is 942. The number of likely N-dealkylation sites (tertiary alicyclic amines) is 1. The average Bonchev–Trinajstić information content (AvgIpc) is 3.36. The van der Waals surface area contributed by atoms with Gasteiger partial charge in [-0.3, -0.25) is 9.59 Å². The predicted octanol–water partition coefficient (Wildman–Crippen LogP) is 3.58. The summed E-state index contributed by atoms with van der Waals surface area (Å²) in [5.41, 5.74) is 2.01. The van der Waals surface area contributed by atoms with Gasteiger partial charge in [0.05, 0.1) is 12.0 Å². The van der Waals surface area contributed by atoms with Crippen LogP contribution in [0.15, 0.2) is 12.1 Å². The van der Waals surface area contributed by atoms with Gasteiger partial charge < -0.3 is 19.3 Å². The lowest BCUT2D eigenvalue weighted by molar-refractivity contribution is -0.157. The lowest BCUT2D eigenvalue weighted by Gasteiger charge is -2.47. The maximum Gasteiger partial charge on any atom is 0.406 e. The summed E-state index contributed by atoms with van der Waals surface area (Å²) >= 11 is 0. The first kappa shape index (κ1) is 21.4. The van der Waals surface area contributed by atoms with Crippen molar-refractivity contribution in [3.63, 3.8) is 0 Å². The molecule has 1 saturated heterocycles. The molecule has 2 fully saturated rings. The van der Waals surface area contributed by atoms with Gasteiger partial charge in [0.2, 0.25) is 11.8 Å². The standard InChI is InChI=1S/C23H27F3N2O4/c1-14-16-9-18-19(32-7-6-31-18)10-17(16)22(4-2-3-5-22)12-28(14)21(30)15-8-20(29)27(11-15)13-23(24,25)26/h9-10,14-15H,2-8,11-13H2,1H3. The lowest BCUT2D eigenvalue weighted by atomic mass is 9.71. The molecule has 2 amide bonds. The molecule has 3 aliphatic heterocycles. The Morgan fingerprint density at radius 2 is 1.81 bits per heavy atom. The predicted molar refractivity (Wildman–Crippen MR) is 108 cm³/mol. The number of fused-ring (bicyclic) bond motifs is 3. The van der Waals surface area contributed by atoms with Crippen LogP contribution < -0.4 is 9.47 Å². The van der Waals surface area contributed by atoms with Crippen LogP contribution in [0.1, 0.15) is 56.2 Å². The van der Waals surface area contributed by atoms with Crippen LogP contribution in [0.3, 0.4) is 0 Å². The van der Waals surface area contributed by atoms with Crippen LogP contribution in [0.2, 0.25) is 0 Å². The number of nitrogens with zero attached hydrogens (tertiary/aromatic N) is 2. The molecule has 1 spiro atoms. The van der Waals surface area contributed by atoms with E-state index in [-0.39, 0.29) is 30.3 Å². The third-order valence-corrected chi connectivity index (χ3v) is 7.45. The van der Waals surface area contributed by atoms with Crippen molar-refractivity contribution in [2.75, 3.05) is 32.8 Å². The summed E-state index contributed by atoms with van der Waals surface area (Å²) in [6, 6.07) is 3.77. The summed E-state index contributed by atoms with van der Waals surface area (Å²) in [4.78, 5) is 28.2. The number of halogens is 3. The van der Waals surface area contributed by atoms with Crippen molar-refractivity contribution in [1.29, 1.82) is 0 Å². The third kappa shape index (κ3) is 3.59. The number of amides is 2. The van der Waals surface area contributed by atoms with Crippen molar-refractivity contribution in [1.82, 2.24) is 9.80 Å². The molecule has 174 valence electrons. The normalized spacial score (nSPS) is 26.6. The SMILES string of the molecule is CC1c2cc3c(cc2C2(CCCC2)CN1C(=O)C1CC(=O)N(CC(F)(F)F)C1)OCCO3. The molecule has 1 aromatic rings. The first-order valence-corrected chi connectivity index (χ1v) is 11.3.